The predicted molar refractivity (Wildman–Crippen MR) is 32.1 cm³/mol. The van der Waals surface area contributed by atoms with Gasteiger partial charge >= 0.3 is 0 Å². The predicted octanol–water partition coefficient (Wildman–Crippen LogP) is 1.24. The van der Waals surface area contributed by atoms with Crippen LogP contribution < -0.4 is 0 Å². The number of hydrogen-bond donors (Lipinski definition) is 1. The topological polar surface area (TPSA) is 36.2 Å². The second-order valence-electron chi connectivity index (χ2n) is 0.915. The van der Waals surface area contributed by atoms with E-state index in [0.717, 1.165) is 0 Å². The van der Waals surface area contributed by atoms with Crippen molar-refractivity contribution in [2.24, 2.45) is 4.99 Å². The molecule has 7 heavy (non-hydrogen) atoms. The SMILES string of the molecule is CC=N/C=C\C=N. The minimum atomic E-state index is 1.19. The Kier molecular flexibility index (Phi) is 4.41. The van der Waals surface area contributed by atoms with Crippen molar-refractivity contribution < 1.29 is 0 Å². The van der Waals surface area contributed by atoms with Crippen molar-refractivity contribution in [3.05, 3.63) is 12.3 Å². The molecule has 0 bridgehead atoms. The van der Waals surface area contributed by atoms with Gasteiger partial charge in [0.25, 0.3) is 0 Å². The Morgan fingerprint density at radius 2 is 2.29 bits per heavy atom. The Hall–Kier alpha value is -0.920. The molecule has 2 nitrogen and oxygen atoms in total. The molecule has 0 radical (unpaired) electrons. The summed E-state index contributed by atoms with van der Waals surface area (Å²) in [6, 6.07) is 0. The van der Waals surface area contributed by atoms with Crippen LogP contribution in [-0.4, -0.2) is 12.4 Å². The van der Waals surface area contributed by atoms with Gasteiger partial charge in [0.2, 0.25) is 0 Å². The number of aliphatic imine (C=N–C) groups is 1. The van der Waals surface area contributed by atoms with E-state index in [1.807, 2.05) is 6.92 Å². The van der Waals surface area contributed by atoms with Gasteiger partial charge in [-0.1, -0.05) is 0 Å². The van der Waals surface area contributed by atoms with E-state index in [4.69, 9.17) is 5.41 Å². The maximum atomic E-state index is 6.50. The van der Waals surface area contributed by atoms with Crippen LogP contribution in [0.1, 0.15) is 6.92 Å². The largest absolute Gasteiger partial charge is 0.309 e. The van der Waals surface area contributed by atoms with Crippen LogP contribution in [0.15, 0.2) is 17.3 Å². The Morgan fingerprint density at radius 1 is 1.57 bits per heavy atom. The number of rotatable bonds is 2. The lowest BCUT2D eigenvalue weighted by atomic mass is 10.7. The number of nitrogens with zero attached hydrogens (tertiary/aromatic N) is 1. The molecule has 0 unspecified atom stereocenters. The van der Waals surface area contributed by atoms with Crippen molar-refractivity contribution in [3.8, 4) is 0 Å². The van der Waals surface area contributed by atoms with E-state index in [2.05, 4.69) is 4.99 Å². The molecule has 38 valence electrons. The highest BCUT2D eigenvalue weighted by molar-refractivity contribution is 5.68. The highest BCUT2D eigenvalue weighted by Crippen LogP contribution is 1.66. The molecule has 0 aliphatic carbocycles. The van der Waals surface area contributed by atoms with E-state index in [0.29, 0.717) is 0 Å². The van der Waals surface area contributed by atoms with Crippen molar-refractivity contribution in [3.63, 3.8) is 0 Å². The van der Waals surface area contributed by atoms with Crippen LogP contribution in [0.25, 0.3) is 0 Å². The van der Waals surface area contributed by atoms with Crippen LogP contribution in [0.5, 0.6) is 0 Å². The summed E-state index contributed by atoms with van der Waals surface area (Å²) in [5.41, 5.74) is 0. The van der Waals surface area contributed by atoms with Crippen molar-refractivity contribution in [2.45, 2.75) is 6.92 Å². The summed E-state index contributed by atoms with van der Waals surface area (Å²) in [4.78, 5) is 3.70. The van der Waals surface area contributed by atoms with Crippen LogP contribution in [0, 0.1) is 5.41 Å². The second-order valence-corrected chi connectivity index (χ2v) is 0.915. The maximum absolute atomic E-state index is 6.50. The molecular weight excluding hydrogens is 88.1 g/mol. The average molecular weight is 96.1 g/mol. The zero-order valence-electron chi connectivity index (χ0n) is 4.26. The summed E-state index contributed by atoms with van der Waals surface area (Å²) in [5.74, 6) is 0. The van der Waals surface area contributed by atoms with Gasteiger partial charge in [0.15, 0.2) is 0 Å². The first kappa shape index (κ1) is 6.08. The molecule has 0 rings (SSSR count). The van der Waals surface area contributed by atoms with Crippen LogP contribution >= 0.6 is 0 Å². The standard InChI is InChI=1S/C5H8N2/c1-2-7-5-3-4-6/h2-6H,1H3/b5-3-,6-4?,7-2?. The van der Waals surface area contributed by atoms with Crippen LogP contribution in [-0.2, 0) is 0 Å². The molecule has 0 saturated carbocycles. The lowest BCUT2D eigenvalue weighted by molar-refractivity contribution is 1.55. The molecule has 2 heteroatoms. The Bertz CT molecular complexity index is 92.3. The van der Waals surface area contributed by atoms with E-state index >= 15 is 0 Å². The third-order valence-corrected chi connectivity index (χ3v) is 0.417. The second kappa shape index (κ2) is 5.08. The van der Waals surface area contributed by atoms with Gasteiger partial charge in [-0.15, -0.1) is 0 Å². The van der Waals surface area contributed by atoms with Crippen LogP contribution in [0.3, 0.4) is 0 Å². The molecular formula is C5H8N2. The van der Waals surface area contributed by atoms with E-state index in [-0.39, 0.29) is 0 Å². The third-order valence-electron chi connectivity index (χ3n) is 0.417. The highest BCUT2D eigenvalue weighted by Gasteiger charge is 1.53. The minimum absolute atomic E-state index is 1.19. The summed E-state index contributed by atoms with van der Waals surface area (Å²) >= 11 is 0. The van der Waals surface area contributed by atoms with Gasteiger partial charge in [0.05, 0.1) is 0 Å². The fourth-order valence-corrected chi connectivity index (χ4v) is 0.179. The van der Waals surface area contributed by atoms with Crippen LogP contribution in [0.2, 0.25) is 0 Å². The molecule has 0 aliphatic heterocycles. The quantitative estimate of drug-likeness (QED) is 0.502. The minimum Gasteiger partial charge on any atom is -0.309 e. The molecule has 0 aliphatic rings. The molecule has 0 aromatic rings. The normalized spacial score (nSPS) is 11.0. The van der Waals surface area contributed by atoms with Gasteiger partial charge < -0.3 is 5.41 Å². The first-order valence-corrected chi connectivity index (χ1v) is 2.05. The van der Waals surface area contributed by atoms with E-state index in [1.165, 1.54) is 6.21 Å². The molecule has 0 aromatic carbocycles. The zero-order valence-corrected chi connectivity index (χ0v) is 4.26. The third kappa shape index (κ3) is 5.08. The van der Waals surface area contributed by atoms with E-state index < -0.39 is 0 Å². The molecule has 0 heterocycles. The Balaban J connectivity index is 3.27. The monoisotopic (exact) mass is 96.1 g/mol. The number of nitrogens with one attached hydrogen (secondary N) is 1. The Labute approximate surface area is 43.1 Å². The van der Waals surface area contributed by atoms with E-state index in [1.54, 1.807) is 18.5 Å². The molecule has 0 spiro atoms. The van der Waals surface area contributed by atoms with Gasteiger partial charge in [0, 0.05) is 18.6 Å². The van der Waals surface area contributed by atoms with Gasteiger partial charge in [0.1, 0.15) is 0 Å². The number of allylic oxidation sites excluding steroid dienone is 1. The average Bonchev–Trinajstić information content (AvgIpc) is 1.69. The van der Waals surface area contributed by atoms with Gasteiger partial charge in [-0.3, -0.25) is 4.99 Å². The van der Waals surface area contributed by atoms with Gasteiger partial charge in [-0.2, -0.15) is 0 Å². The summed E-state index contributed by atoms with van der Waals surface area (Å²) in [7, 11) is 0. The van der Waals surface area contributed by atoms with Crippen molar-refractivity contribution >= 4 is 12.4 Å². The van der Waals surface area contributed by atoms with E-state index in [9.17, 15) is 0 Å². The summed E-state index contributed by atoms with van der Waals surface area (Å²) in [6.45, 7) is 1.83. The highest BCUT2D eigenvalue weighted by atomic mass is 14.6. The molecule has 0 fully saturated rings. The molecule has 0 aromatic heterocycles. The number of hydrogen-bond acceptors (Lipinski definition) is 2. The molecule has 0 amide bonds. The van der Waals surface area contributed by atoms with Gasteiger partial charge in [-0.05, 0) is 13.0 Å². The fraction of sp³-hybridized carbons (Fsp3) is 0.200. The van der Waals surface area contributed by atoms with Crippen molar-refractivity contribution in [2.75, 3.05) is 0 Å². The van der Waals surface area contributed by atoms with Crippen molar-refractivity contribution in [1.82, 2.24) is 0 Å². The first-order valence-electron chi connectivity index (χ1n) is 2.05. The lowest BCUT2D eigenvalue weighted by Gasteiger charge is -1.65. The van der Waals surface area contributed by atoms with Crippen molar-refractivity contribution in [1.29, 1.82) is 5.41 Å². The first-order chi connectivity index (χ1) is 3.41. The fourth-order valence-electron chi connectivity index (χ4n) is 0.179. The lowest BCUT2D eigenvalue weighted by Crippen LogP contribution is -1.56. The van der Waals surface area contributed by atoms with Crippen LogP contribution in [0.4, 0.5) is 0 Å². The molecule has 0 atom stereocenters. The van der Waals surface area contributed by atoms with Gasteiger partial charge in [-0.25, -0.2) is 0 Å². The molecule has 1 N–H and O–H groups in total. The zero-order chi connectivity index (χ0) is 5.54. The Morgan fingerprint density at radius 3 is 2.71 bits per heavy atom. The summed E-state index contributed by atoms with van der Waals surface area (Å²) in [5, 5.41) is 6.50. The smallest absolute Gasteiger partial charge is 0.0278 e. The molecule has 0 saturated heterocycles. The maximum Gasteiger partial charge on any atom is 0.0278 e. The summed E-state index contributed by atoms with van der Waals surface area (Å²) < 4.78 is 0. The summed E-state index contributed by atoms with van der Waals surface area (Å²) in [6.07, 6.45) is 5.97.